The Morgan fingerprint density at radius 1 is 1.25 bits per heavy atom. The summed E-state index contributed by atoms with van der Waals surface area (Å²) in [6.45, 7) is 5.57. The third kappa shape index (κ3) is 3.49. The van der Waals surface area contributed by atoms with E-state index in [9.17, 15) is 8.42 Å². The molecule has 1 aromatic carbocycles. The van der Waals surface area contributed by atoms with E-state index in [1.165, 1.54) is 0 Å². The first-order valence-corrected chi connectivity index (χ1v) is 7.99. The van der Waals surface area contributed by atoms with Crippen LogP contribution in [-0.4, -0.2) is 14.5 Å². The van der Waals surface area contributed by atoms with Crippen LogP contribution in [0.3, 0.4) is 0 Å². The molecule has 2 rings (SSSR count). The Labute approximate surface area is 119 Å². The van der Waals surface area contributed by atoms with E-state index < -0.39 is 10.0 Å². The van der Waals surface area contributed by atoms with Crippen molar-refractivity contribution < 1.29 is 12.8 Å². The molecule has 0 bridgehead atoms. The zero-order chi connectivity index (χ0) is 14.8. The zero-order valence-corrected chi connectivity index (χ0v) is 12.7. The second kappa shape index (κ2) is 5.81. The zero-order valence-electron chi connectivity index (χ0n) is 11.9. The van der Waals surface area contributed by atoms with Gasteiger partial charge >= 0.3 is 0 Å². The van der Waals surface area contributed by atoms with Crippen LogP contribution >= 0.6 is 0 Å². The topological polar surface area (TPSA) is 59.3 Å². The molecule has 0 amide bonds. The molecule has 4 nitrogen and oxygen atoms in total. The Hall–Kier alpha value is -1.59. The highest BCUT2D eigenvalue weighted by atomic mass is 32.2. The maximum Gasteiger partial charge on any atom is 0.241 e. The molecule has 1 N–H and O–H groups in total. The molecule has 108 valence electrons. The van der Waals surface area contributed by atoms with Crippen molar-refractivity contribution in [1.82, 2.24) is 4.72 Å². The molecule has 1 heterocycles. The number of sulfonamides is 1. The molecular formula is C15H19NO3S. The highest BCUT2D eigenvalue weighted by molar-refractivity contribution is 7.89. The van der Waals surface area contributed by atoms with Crippen molar-refractivity contribution in [3.63, 3.8) is 0 Å². The summed E-state index contributed by atoms with van der Waals surface area (Å²) in [5, 5.41) is 0. The average molecular weight is 293 g/mol. The van der Waals surface area contributed by atoms with Crippen LogP contribution in [-0.2, 0) is 16.4 Å². The summed E-state index contributed by atoms with van der Waals surface area (Å²) >= 11 is 0. The number of benzene rings is 1. The molecule has 0 saturated carbocycles. The Kier molecular flexibility index (Phi) is 4.30. The van der Waals surface area contributed by atoms with E-state index in [0.29, 0.717) is 11.3 Å². The van der Waals surface area contributed by atoms with Crippen LogP contribution in [0.2, 0.25) is 0 Å². The van der Waals surface area contributed by atoms with Gasteiger partial charge in [-0.15, -0.1) is 0 Å². The third-order valence-electron chi connectivity index (χ3n) is 3.06. The maximum atomic E-state index is 12.4. The van der Waals surface area contributed by atoms with Gasteiger partial charge in [-0.2, -0.15) is 0 Å². The Morgan fingerprint density at radius 3 is 2.60 bits per heavy atom. The van der Waals surface area contributed by atoms with Gasteiger partial charge in [-0.25, -0.2) is 13.1 Å². The van der Waals surface area contributed by atoms with E-state index in [-0.39, 0.29) is 6.04 Å². The van der Waals surface area contributed by atoms with Gasteiger partial charge in [0.05, 0.1) is 11.2 Å². The van der Waals surface area contributed by atoms with Gasteiger partial charge < -0.3 is 4.42 Å². The molecule has 1 atom stereocenters. The van der Waals surface area contributed by atoms with Gasteiger partial charge in [0.15, 0.2) is 0 Å². The van der Waals surface area contributed by atoms with Gasteiger partial charge in [0.25, 0.3) is 0 Å². The lowest BCUT2D eigenvalue weighted by Crippen LogP contribution is -2.34. The highest BCUT2D eigenvalue weighted by Crippen LogP contribution is 2.17. The quantitative estimate of drug-likeness (QED) is 0.922. The van der Waals surface area contributed by atoms with E-state index in [1.807, 2.05) is 26.0 Å². The number of rotatable bonds is 5. The van der Waals surface area contributed by atoms with E-state index in [1.54, 1.807) is 31.4 Å². The van der Waals surface area contributed by atoms with Crippen molar-refractivity contribution in [1.29, 1.82) is 0 Å². The Balaban J connectivity index is 2.14. The summed E-state index contributed by atoms with van der Waals surface area (Å²) in [4.78, 5) is 0.328. The van der Waals surface area contributed by atoms with Gasteiger partial charge in [0.1, 0.15) is 5.76 Å². The first-order valence-electron chi connectivity index (χ1n) is 6.50. The van der Waals surface area contributed by atoms with Crippen molar-refractivity contribution in [2.45, 2.75) is 38.1 Å². The van der Waals surface area contributed by atoms with Gasteiger partial charge in [-0.3, -0.25) is 0 Å². The highest BCUT2D eigenvalue weighted by Gasteiger charge is 2.20. The van der Waals surface area contributed by atoms with Crippen molar-refractivity contribution in [2.24, 2.45) is 0 Å². The lowest BCUT2D eigenvalue weighted by Gasteiger charge is -2.14. The van der Waals surface area contributed by atoms with Gasteiger partial charge in [-0.1, -0.05) is 17.7 Å². The molecule has 0 fully saturated rings. The SMILES string of the molecule is Cc1ccc(S(=O)(=O)NC(C)Cc2ccco2)c(C)c1. The van der Waals surface area contributed by atoms with E-state index in [4.69, 9.17) is 4.42 Å². The maximum absolute atomic E-state index is 12.4. The minimum Gasteiger partial charge on any atom is -0.469 e. The lowest BCUT2D eigenvalue weighted by molar-refractivity contribution is 0.479. The predicted octanol–water partition coefficient (Wildman–Crippen LogP) is 2.81. The summed E-state index contributed by atoms with van der Waals surface area (Å²) < 4.78 is 32.6. The molecule has 0 spiro atoms. The number of hydrogen-bond donors (Lipinski definition) is 1. The largest absolute Gasteiger partial charge is 0.469 e. The molecule has 5 heteroatoms. The van der Waals surface area contributed by atoms with Crippen LogP contribution in [0, 0.1) is 13.8 Å². The van der Waals surface area contributed by atoms with Crippen LogP contribution in [0.1, 0.15) is 23.8 Å². The normalized spacial score (nSPS) is 13.3. The molecule has 0 aliphatic carbocycles. The van der Waals surface area contributed by atoms with Crippen LogP contribution in [0.25, 0.3) is 0 Å². The van der Waals surface area contributed by atoms with E-state index >= 15 is 0 Å². The monoisotopic (exact) mass is 293 g/mol. The fourth-order valence-corrected chi connectivity index (χ4v) is 3.67. The first-order chi connectivity index (χ1) is 9.38. The third-order valence-corrected chi connectivity index (χ3v) is 4.81. The summed E-state index contributed by atoms with van der Waals surface area (Å²) in [6, 6.07) is 8.71. The first kappa shape index (κ1) is 14.8. The minimum absolute atomic E-state index is 0.230. The molecular weight excluding hydrogens is 274 g/mol. The molecule has 0 aliphatic rings. The second-order valence-electron chi connectivity index (χ2n) is 5.07. The van der Waals surface area contributed by atoms with Gasteiger partial charge in [-0.05, 0) is 44.5 Å². The molecule has 20 heavy (non-hydrogen) atoms. The van der Waals surface area contributed by atoms with Crippen LogP contribution in [0.4, 0.5) is 0 Å². The molecule has 0 saturated heterocycles. The van der Waals surface area contributed by atoms with E-state index in [2.05, 4.69) is 4.72 Å². The number of nitrogens with one attached hydrogen (secondary N) is 1. The van der Waals surface area contributed by atoms with Crippen molar-refractivity contribution in [2.75, 3.05) is 0 Å². The van der Waals surface area contributed by atoms with Crippen molar-refractivity contribution >= 4 is 10.0 Å². The standard InChI is InChI=1S/C15H19NO3S/c1-11-6-7-15(12(2)9-11)20(17,18)16-13(3)10-14-5-4-8-19-14/h4-9,13,16H,10H2,1-3H3. The molecule has 2 aromatic rings. The number of furan rings is 1. The summed E-state index contributed by atoms with van der Waals surface area (Å²) in [5.74, 6) is 0.765. The summed E-state index contributed by atoms with van der Waals surface area (Å²) in [6.07, 6.45) is 2.11. The second-order valence-corrected chi connectivity index (χ2v) is 6.76. The van der Waals surface area contributed by atoms with Crippen LogP contribution in [0.5, 0.6) is 0 Å². The summed E-state index contributed by atoms with van der Waals surface area (Å²) in [7, 11) is -3.50. The van der Waals surface area contributed by atoms with Gasteiger partial charge in [0, 0.05) is 12.5 Å². The fraction of sp³-hybridized carbons (Fsp3) is 0.333. The Morgan fingerprint density at radius 2 is 2.00 bits per heavy atom. The summed E-state index contributed by atoms with van der Waals surface area (Å²) in [5.41, 5.74) is 1.80. The lowest BCUT2D eigenvalue weighted by atomic mass is 10.2. The molecule has 0 aliphatic heterocycles. The Bertz CT molecular complexity index is 675. The van der Waals surface area contributed by atoms with Crippen molar-refractivity contribution in [3.8, 4) is 0 Å². The van der Waals surface area contributed by atoms with Crippen LogP contribution in [0.15, 0.2) is 45.9 Å². The number of hydrogen-bond acceptors (Lipinski definition) is 3. The van der Waals surface area contributed by atoms with Crippen molar-refractivity contribution in [3.05, 3.63) is 53.5 Å². The molecule has 1 aromatic heterocycles. The smallest absolute Gasteiger partial charge is 0.241 e. The predicted molar refractivity (Wildman–Crippen MR) is 78.1 cm³/mol. The molecule has 0 radical (unpaired) electrons. The fourth-order valence-electron chi connectivity index (χ4n) is 2.20. The van der Waals surface area contributed by atoms with Gasteiger partial charge in [0.2, 0.25) is 10.0 Å². The average Bonchev–Trinajstić information content (AvgIpc) is 2.79. The number of aryl methyl sites for hydroxylation is 2. The minimum atomic E-state index is -3.50. The molecule has 1 unspecified atom stereocenters. The van der Waals surface area contributed by atoms with E-state index in [0.717, 1.165) is 16.9 Å². The van der Waals surface area contributed by atoms with Crippen LogP contribution < -0.4 is 4.72 Å².